The minimum Gasteiger partial charge on any atom is -0.506 e. The molecule has 3 aromatic rings. The van der Waals surface area contributed by atoms with Crippen LogP contribution in [0.4, 0.5) is 0 Å². The summed E-state index contributed by atoms with van der Waals surface area (Å²) < 4.78 is 4.97. The molecule has 0 aromatic heterocycles. The van der Waals surface area contributed by atoms with Crippen molar-refractivity contribution in [1.29, 1.82) is 0 Å². The third-order valence-corrected chi connectivity index (χ3v) is 4.36. The molecule has 0 aliphatic rings. The van der Waals surface area contributed by atoms with E-state index in [0.29, 0.717) is 11.1 Å². The predicted molar refractivity (Wildman–Crippen MR) is 105 cm³/mol. The van der Waals surface area contributed by atoms with Gasteiger partial charge in [-0.1, -0.05) is 24.3 Å². The summed E-state index contributed by atoms with van der Waals surface area (Å²) in [5.41, 5.74) is 0.299. The zero-order valence-electron chi connectivity index (χ0n) is 15.1. The number of phenols is 3. The number of carboxylic acid groups (broad SMARTS) is 2. The van der Waals surface area contributed by atoms with Crippen molar-refractivity contribution in [2.45, 2.75) is 0 Å². The number of methoxy groups -OCH3 is 1. The highest BCUT2D eigenvalue weighted by Crippen LogP contribution is 2.37. The average Bonchev–Trinajstić information content (AvgIpc) is 2.68. The molecule has 148 valence electrons. The van der Waals surface area contributed by atoms with Gasteiger partial charge in [0.25, 0.3) is 0 Å². The maximum atomic E-state index is 11.5. The zero-order valence-corrected chi connectivity index (χ0v) is 15.1. The quantitative estimate of drug-likeness (QED) is 0.325. The summed E-state index contributed by atoms with van der Waals surface area (Å²) in [7, 11) is 1.34. The lowest BCUT2D eigenvalue weighted by Gasteiger charge is -2.09. The van der Waals surface area contributed by atoms with E-state index in [1.54, 1.807) is 18.2 Å². The molecule has 5 N–H and O–H groups in total. The van der Waals surface area contributed by atoms with E-state index in [4.69, 9.17) is 4.74 Å². The van der Waals surface area contributed by atoms with E-state index in [1.165, 1.54) is 31.4 Å². The molecule has 0 aliphatic heterocycles. The Morgan fingerprint density at radius 3 is 2.07 bits per heavy atom. The van der Waals surface area contributed by atoms with Crippen LogP contribution in [0.25, 0.3) is 22.9 Å². The molecule has 8 heteroatoms. The highest BCUT2D eigenvalue weighted by molar-refractivity contribution is 6.10. The normalized spacial score (nSPS) is 11.1. The molecule has 0 saturated carbocycles. The van der Waals surface area contributed by atoms with Crippen molar-refractivity contribution in [2.75, 3.05) is 7.11 Å². The van der Waals surface area contributed by atoms with E-state index in [-0.39, 0.29) is 33.6 Å². The summed E-state index contributed by atoms with van der Waals surface area (Å²) in [5.74, 6) is -3.96. The average molecular weight is 396 g/mol. The van der Waals surface area contributed by atoms with Crippen molar-refractivity contribution >= 4 is 34.9 Å². The minimum atomic E-state index is -1.44. The number of carbonyl (C=O) groups is 2. The third kappa shape index (κ3) is 3.63. The highest BCUT2D eigenvalue weighted by atomic mass is 16.5. The van der Waals surface area contributed by atoms with Gasteiger partial charge in [-0.05, 0) is 40.8 Å². The maximum absolute atomic E-state index is 11.5. The molecule has 3 aromatic carbocycles. The summed E-state index contributed by atoms with van der Waals surface area (Å²) in [4.78, 5) is 22.8. The Labute approximate surface area is 164 Å². The van der Waals surface area contributed by atoms with Crippen LogP contribution in [0.5, 0.6) is 23.0 Å². The molecule has 8 nitrogen and oxygen atoms in total. The van der Waals surface area contributed by atoms with Crippen LogP contribution in [-0.4, -0.2) is 44.6 Å². The molecule has 0 unspecified atom stereocenters. The largest absolute Gasteiger partial charge is 0.506 e. The number of rotatable bonds is 5. The first-order valence-corrected chi connectivity index (χ1v) is 8.27. The van der Waals surface area contributed by atoms with Gasteiger partial charge in [-0.25, -0.2) is 9.59 Å². The van der Waals surface area contributed by atoms with Crippen molar-refractivity contribution in [3.05, 3.63) is 58.7 Å². The molecule has 3 rings (SSSR count). The van der Waals surface area contributed by atoms with Crippen LogP contribution < -0.4 is 4.74 Å². The minimum absolute atomic E-state index is 0.0792. The first-order valence-electron chi connectivity index (χ1n) is 8.27. The first kappa shape index (κ1) is 19.6. The van der Waals surface area contributed by atoms with Gasteiger partial charge in [0.2, 0.25) is 5.75 Å². The van der Waals surface area contributed by atoms with Crippen LogP contribution in [0.15, 0.2) is 36.4 Å². The van der Waals surface area contributed by atoms with Crippen LogP contribution in [0.3, 0.4) is 0 Å². The summed E-state index contributed by atoms with van der Waals surface area (Å²) >= 11 is 0. The number of hydrogen-bond acceptors (Lipinski definition) is 6. The fourth-order valence-corrected chi connectivity index (χ4v) is 2.93. The van der Waals surface area contributed by atoms with Crippen molar-refractivity contribution in [2.24, 2.45) is 0 Å². The molecule has 0 amide bonds. The number of aromatic hydroxyl groups is 3. The molecule has 0 fully saturated rings. The van der Waals surface area contributed by atoms with E-state index < -0.39 is 23.3 Å². The summed E-state index contributed by atoms with van der Waals surface area (Å²) in [5, 5.41) is 48.6. The molecule has 0 radical (unpaired) electrons. The summed E-state index contributed by atoms with van der Waals surface area (Å²) in [6.45, 7) is 0. The fourth-order valence-electron chi connectivity index (χ4n) is 2.93. The number of ether oxygens (including phenoxy) is 1. The summed E-state index contributed by atoms with van der Waals surface area (Å²) in [6.07, 6.45) is 3.21. The van der Waals surface area contributed by atoms with Gasteiger partial charge in [-0.2, -0.15) is 0 Å². The number of hydrogen-bond donors (Lipinski definition) is 5. The monoisotopic (exact) mass is 396 g/mol. The standard InChI is InChI=1S/C21H16O8/c1-29-17-8-11(7-16(22)19(17)24)3-2-10-4-5-12-13(6-10)18(23)15(21(27)28)9-14(12)20(25)26/h2-9,22-24H,1H3,(H,25,26)(H,27,28)/b3-2+. The molecule has 0 bridgehead atoms. The number of aromatic carboxylic acids is 2. The Kier molecular flexibility index (Phi) is 5.01. The van der Waals surface area contributed by atoms with Gasteiger partial charge in [0, 0.05) is 5.39 Å². The molecule has 0 atom stereocenters. The smallest absolute Gasteiger partial charge is 0.339 e. The van der Waals surface area contributed by atoms with Crippen molar-refractivity contribution in [3.63, 3.8) is 0 Å². The van der Waals surface area contributed by atoms with Gasteiger partial charge in [-0.15, -0.1) is 0 Å². The van der Waals surface area contributed by atoms with Crippen LogP contribution in [-0.2, 0) is 0 Å². The number of benzene rings is 3. The SMILES string of the molecule is COc1cc(/C=C/c2ccc3c(C(=O)O)cc(C(=O)O)c(O)c3c2)cc(O)c1O. The predicted octanol–water partition coefficient (Wildman–Crippen LogP) is 3.53. The van der Waals surface area contributed by atoms with Crippen LogP contribution in [0.2, 0.25) is 0 Å². The second kappa shape index (κ2) is 7.43. The number of carboxylic acids is 2. The molecular weight excluding hydrogens is 380 g/mol. The van der Waals surface area contributed by atoms with Crippen LogP contribution in [0.1, 0.15) is 31.8 Å². The van der Waals surface area contributed by atoms with E-state index in [2.05, 4.69) is 0 Å². The van der Waals surface area contributed by atoms with Gasteiger partial charge in [-0.3, -0.25) is 0 Å². The third-order valence-electron chi connectivity index (χ3n) is 4.36. The Bertz CT molecular complexity index is 1180. The Hall–Kier alpha value is -4.20. The van der Waals surface area contributed by atoms with Crippen molar-refractivity contribution in [3.8, 4) is 23.0 Å². The van der Waals surface area contributed by atoms with E-state index in [1.807, 2.05) is 0 Å². The maximum Gasteiger partial charge on any atom is 0.339 e. The molecule has 0 heterocycles. The summed E-state index contributed by atoms with van der Waals surface area (Å²) in [6, 6.07) is 8.26. The van der Waals surface area contributed by atoms with E-state index in [9.17, 15) is 35.1 Å². The molecule has 0 saturated heterocycles. The van der Waals surface area contributed by atoms with Crippen LogP contribution in [0, 0.1) is 0 Å². The molecule has 0 aliphatic carbocycles. The second-order valence-electron chi connectivity index (χ2n) is 6.16. The number of phenolic OH excluding ortho intramolecular Hbond substituents is 2. The highest BCUT2D eigenvalue weighted by Gasteiger charge is 2.19. The number of fused-ring (bicyclic) bond motifs is 1. The second-order valence-corrected chi connectivity index (χ2v) is 6.16. The first-order chi connectivity index (χ1) is 13.7. The fraction of sp³-hybridized carbons (Fsp3) is 0.0476. The lowest BCUT2D eigenvalue weighted by atomic mass is 9.97. The van der Waals surface area contributed by atoms with Gasteiger partial charge >= 0.3 is 11.9 Å². The van der Waals surface area contributed by atoms with Gasteiger partial charge in [0.15, 0.2) is 11.5 Å². The van der Waals surface area contributed by atoms with Crippen molar-refractivity contribution in [1.82, 2.24) is 0 Å². The van der Waals surface area contributed by atoms with Gasteiger partial charge < -0.3 is 30.3 Å². The Morgan fingerprint density at radius 2 is 1.45 bits per heavy atom. The van der Waals surface area contributed by atoms with E-state index >= 15 is 0 Å². The Morgan fingerprint density at radius 1 is 0.793 bits per heavy atom. The lowest BCUT2D eigenvalue weighted by Crippen LogP contribution is -2.04. The van der Waals surface area contributed by atoms with Gasteiger partial charge in [0.1, 0.15) is 11.3 Å². The van der Waals surface area contributed by atoms with E-state index in [0.717, 1.165) is 6.07 Å². The topological polar surface area (TPSA) is 145 Å². The van der Waals surface area contributed by atoms with Gasteiger partial charge in [0.05, 0.1) is 12.7 Å². The lowest BCUT2D eigenvalue weighted by molar-refractivity contribution is 0.0693. The zero-order chi connectivity index (χ0) is 21.3. The van der Waals surface area contributed by atoms with Crippen molar-refractivity contribution < 1.29 is 39.9 Å². The molecular formula is C21H16O8. The molecule has 0 spiro atoms. The molecule has 29 heavy (non-hydrogen) atoms. The van der Waals surface area contributed by atoms with Crippen LogP contribution >= 0.6 is 0 Å². The Balaban J connectivity index is 2.11.